The summed E-state index contributed by atoms with van der Waals surface area (Å²) < 4.78 is 7.43. The summed E-state index contributed by atoms with van der Waals surface area (Å²) in [7, 11) is 0. The second kappa shape index (κ2) is 10.4. The number of hydrogen-bond acceptors (Lipinski definition) is 7. The predicted octanol–water partition coefficient (Wildman–Crippen LogP) is 2.85. The third kappa shape index (κ3) is 5.07. The van der Waals surface area contributed by atoms with Gasteiger partial charge < -0.3 is 15.0 Å². The van der Waals surface area contributed by atoms with Crippen molar-refractivity contribution in [3.63, 3.8) is 0 Å². The summed E-state index contributed by atoms with van der Waals surface area (Å²) in [5, 5.41) is 14.8. The van der Waals surface area contributed by atoms with E-state index < -0.39 is 6.03 Å². The smallest absolute Gasteiger partial charge is 0.321 e. The van der Waals surface area contributed by atoms with Crippen LogP contribution in [0.15, 0.2) is 35.5 Å². The van der Waals surface area contributed by atoms with Gasteiger partial charge in [0.1, 0.15) is 0 Å². The van der Waals surface area contributed by atoms with Gasteiger partial charge in [-0.2, -0.15) is 0 Å². The van der Waals surface area contributed by atoms with E-state index in [2.05, 4.69) is 32.7 Å². The van der Waals surface area contributed by atoms with Crippen molar-refractivity contribution in [1.82, 2.24) is 25.4 Å². The van der Waals surface area contributed by atoms with Gasteiger partial charge in [-0.25, -0.2) is 4.79 Å². The molecule has 2 aliphatic carbocycles. The van der Waals surface area contributed by atoms with Crippen LogP contribution in [0.3, 0.4) is 0 Å². The van der Waals surface area contributed by atoms with E-state index in [4.69, 9.17) is 4.74 Å². The Labute approximate surface area is 204 Å². The van der Waals surface area contributed by atoms with Gasteiger partial charge in [-0.05, 0) is 56.1 Å². The van der Waals surface area contributed by atoms with E-state index >= 15 is 0 Å². The highest BCUT2D eigenvalue weighted by atomic mass is 32.2. The number of urea groups is 1. The molecule has 10 heteroatoms. The molecule has 1 aromatic heterocycles. The van der Waals surface area contributed by atoms with Crippen molar-refractivity contribution < 1.29 is 14.3 Å². The average Bonchev–Trinajstić information content (AvgIpc) is 3.59. The Bertz CT molecular complexity index is 1010. The van der Waals surface area contributed by atoms with Gasteiger partial charge in [-0.15, -0.1) is 10.2 Å². The molecule has 34 heavy (non-hydrogen) atoms. The lowest BCUT2D eigenvalue weighted by Crippen LogP contribution is -2.47. The van der Waals surface area contributed by atoms with Crippen LogP contribution in [-0.4, -0.2) is 64.8 Å². The second-order valence-corrected chi connectivity index (χ2v) is 10.4. The summed E-state index contributed by atoms with van der Waals surface area (Å²) in [5.74, 6) is 2.52. The first kappa shape index (κ1) is 23.2. The van der Waals surface area contributed by atoms with Crippen molar-refractivity contribution in [2.75, 3.05) is 37.0 Å². The van der Waals surface area contributed by atoms with Crippen LogP contribution in [0.4, 0.5) is 10.7 Å². The van der Waals surface area contributed by atoms with Gasteiger partial charge in [0, 0.05) is 19.1 Å². The first-order chi connectivity index (χ1) is 16.6. The number of anilines is 1. The zero-order valence-electron chi connectivity index (χ0n) is 19.5. The minimum absolute atomic E-state index is 0.0734. The number of hydrogen-bond donors (Lipinski definition) is 2. The number of carbonyl (C=O) groups excluding carboxylic acids is 2. The maximum atomic E-state index is 12.5. The molecule has 4 unspecified atom stereocenters. The van der Waals surface area contributed by atoms with Gasteiger partial charge in [-0.3, -0.25) is 14.7 Å². The summed E-state index contributed by atoms with van der Waals surface area (Å²) in [6.45, 7) is 4.80. The number of benzene rings is 1. The SMILES string of the molecule is CC(NC(=O)NC(=O)CSc1nnc(N2CCOCC2)n1-c1ccccc1)C1CC2CCC1C2. The van der Waals surface area contributed by atoms with Crippen LogP contribution in [0.25, 0.3) is 5.69 Å². The summed E-state index contributed by atoms with van der Waals surface area (Å²) >= 11 is 1.27. The number of thioether (sulfide) groups is 1. The second-order valence-electron chi connectivity index (χ2n) is 9.49. The van der Waals surface area contributed by atoms with Crippen LogP contribution in [-0.2, 0) is 9.53 Å². The molecule has 182 valence electrons. The molecule has 2 saturated carbocycles. The van der Waals surface area contributed by atoms with Gasteiger partial charge in [0.25, 0.3) is 0 Å². The molecule has 3 aliphatic rings. The topological polar surface area (TPSA) is 101 Å². The number of ether oxygens (including phenoxy) is 1. The number of fused-ring (bicyclic) bond motifs is 2. The zero-order chi connectivity index (χ0) is 23.5. The largest absolute Gasteiger partial charge is 0.378 e. The van der Waals surface area contributed by atoms with Crippen LogP contribution < -0.4 is 15.5 Å². The summed E-state index contributed by atoms with van der Waals surface area (Å²) in [6.07, 6.45) is 5.09. The Morgan fingerprint density at radius 3 is 2.65 bits per heavy atom. The van der Waals surface area contributed by atoms with E-state index in [1.54, 1.807) is 0 Å². The van der Waals surface area contributed by atoms with Crippen molar-refractivity contribution in [3.8, 4) is 5.69 Å². The molecule has 3 amide bonds. The Hall–Kier alpha value is -2.59. The standard InChI is InChI=1S/C24H32N6O3S/c1-16(20-14-17-7-8-18(20)13-17)25-22(32)26-21(31)15-34-24-28-27-23(29-9-11-33-12-10-29)30(24)19-5-3-2-4-6-19/h2-6,16-18,20H,7-15H2,1H3,(H2,25,26,31,32). The molecule has 2 heterocycles. The zero-order valence-corrected chi connectivity index (χ0v) is 20.3. The maximum Gasteiger partial charge on any atom is 0.321 e. The molecule has 9 nitrogen and oxygen atoms in total. The highest BCUT2D eigenvalue weighted by Gasteiger charge is 2.42. The van der Waals surface area contributed by atoms with Crippen molar-refractivity contribution in [2.45, 2.75) is 43.8 Å². The summed E-state index contributed by atoms with van der Waals surface area (Å²) in [4.78, 5) is 27.1. The maximum absolute atomic E-state index is 12.5. The van der Waals surface area contributed by atoms with Crippen LogP contribution in [0, 0.1) is 17.8 Å². The lowest BCUT2D eigenvalue weighted by atomic mass is 9.84. The number of morpholine rings is 1. The molecule has 5 rings (SSSR count). The van der Waals surface area contributed by atoms with Gasteiger partial charge in [0.15, 0.2) is 5.16 Å². The number of carbonyl (C=O) groups is 2. The molecule has 2 bridgehead atoms. The number of aromatic nitrogens is 3. The third-order valence-electron chi connectivity index (χ3n) is 7.30. The summed E-state index contributed by atoms with van der Waals surface area (Å²) in [6, 6.07) is 9.51. The Kier molecular flexibility index (Phi) is 7.05. The third-order valence-corrected chi connectivity index (χ3v) is 8.23. The quantitative estimate of drug-likeness (QED) is 0.583. The first-order valence-corrected chi connectivity index (χ1v) is 13.1. The van der Waals surface area contributed by atoms with E-state index in [0.717, 1.165) is 36.6 Å². The predicted molar refractivity (Wildman–Crippen MR) is 130 cm³/mol. The van der Waals surface area contributed by atoms with Crippen molar-refractivity contribution in [3.05, 3.63) is 30.3 Å². The fourth-order valence-corrected chi connectivity index (χ4v) is 6.42. The van der Waals surface area contributed by atoms with Crippen molar-refractivity contribution in [2.24, 2.45) is 17.8 Å². The van der Waals surface area contributed by atoms with E-state index in [1.807, 2.05) is 34.9 Å². The number of rotatable bonds is 7. The van der Waals surface area contributed by atoms with Crippen LogP contribution in [0.5, 0.6) is 0 Å². The van der Waals surface area contributed by atoms with Gasteiger partial charge in [0.2, 0.25) is 11.9 Å². The first-order valence-electron chi connectivity index (χ1n) is 12.1. The number of imide groups is 1. The Morgan fingerprint density at radius 1 is 1.15 bits per heavy atom. The van der Waals surface area contributed by atoms with E-state index in [9.17, 15) is 9.59 Å². The molecule has 1 saturated heterocycles. The number of nitrogens with one attached hydrogen (secondary N) is 2. The Morgan fingerprint density at radius 2 is 1.94 bits per heavy atom. The number of para-hydroxylation sites is 1. The molecule has 2 N–H and O–H groups in total. The molecular weight excluding hydrogens is 452 g/mol. The van der Waals surface area contributed by atoms with E-state index in [-0.39, 0.29) is 17.7 Å². The van der Waals surface area contributed by atoms with Gasteiger partial charge >= 0.3 is 6.03 Å². The number of amides is 3. The average molecular weight is 485 g/mol. The summed E-state index contributed by atoms with van der Waals surface area (Å²) in [5.41, 5.74) is 0.925. The lowest BCUT2D eigenvalue weighted by molar-refractivity contribution is -0.117. The molecule has 1 aliphatic heterocycles. The fraction of sp³-hybridized carbons (Fsp3) is 0.583. The number of nitrogens with zero attached hydrogens (tertiary/aromatic N) is 4. The van der Waals surface area contributed by atoms with Crippen LogP contribution in [0.1, 0.15) is 32.6 Å². The molecule has 4 atom stereocenters. The van der Waals surface area contributed by atoms with Crippen molar-refractivity contribution >= 4 is 29.6 Å². The van der Waals surface area contributed by atoms with E-state index in [1.165, 1.54) is 37.4 Å². The lowest BCUT2D eigenvalue weighted by Gasteiger charge is -2.28. The molecule has 1 aromatic carbocycles. The van der Waals surface area contributed by atoms with Gasteiger partial charge in [0.05, 0.1) is 24.7 Å². The monoisotopic (exact) mass is 484 g/mol. The molecule has 0 radical (unpaired) electrons. The molecular formula is C24H32N6O3S. The molecule has 3 fully saturated rings. The molecule has 0 spiro atoms. The minimum atomic E-state index is -0.417. The Balaban J connectivity index is 1.19. The fourth-order valence-electron chi connectivity index (χ4n) is 5.68. The minimum Gasteiger partial charge on any atom is -0.378 e. The van der Waals surface area contributed by atoms with Crippen molar-refractivity contribution in [1.29, 1.82) is 0 Å². The van der Waals surface area contributed by atoms with E-state index in [0.29, 0.717) is 24.3 Å². The van der Waals surface area contributed by atoms with Crippen LogP contribution in [0.2, 0.25) is 0 Å². The highest BCUT2D eigenvalue weighted by Crippen LogP contribution is 2.49. The molecule has 2 aromatic rings. The van der Waals surface area contributed by atoms with Crippen LogP contribution >= 0.6 is 11.8 Å². The highest BCUT2D eigenvalue weighted by molar-refractivity contribution is 7.99. The van der Waals surface area contributed by atoms with Gasteiger partial charge in [-0.1, -0.05) is 36.4 Å². The normalized spacial score (nSPS) is 24.7.